The van der Waals surface area contributed by atoms with Gasteiger partial charge in [0.2, 0.25) is 0 Å². The number of nitrogens with one attached hydrogen (secondary N) is 2. The van der Waals surface area contributed by atoms with Gasteiger partial charge in [-0.05, 0) is 58.0 Å². The molecule has 0 radical (unpaired) electrons. The first-order chi connectivity index (χ1) is 14.1. The van der Waals surface area contributed by atoms with Crippen molar-refractivity contribution in [3.8, 4) is 5.75 Å². The Morgan fingerprint density at radius 1 is 1.28 bits per heavy atom. The zero-order chi connectivity index (χ0) is 20.9. The molecular weight excluding hydrogens is 368 g/mol. The van der Waals surface area contributed by atoms with Gasteiger partial charge < -0.3 is 29.7 Å². The number of nitrogens with zero attached hydrogens (tertiary/aromatic N) is 2. The average molecular weight is 407 g/mol. The van der Waals surface area contributed by atoms with Gasteiger partial charge >= 0.3 is 0 Å². The van der Waals surface area contributed by atoms with Crippen molar-refractivity contribution in [2.24, 2.45) is 4.99 Å². The highest BCUT2D eigenvalue weighted by Crippen LogP contribution is 2.21. The van der Waals surface area contributed by atoms with Crippen LogP contribution in [0.4, 0.5) is 0 Å². The van der Waals surface area contributed by atoms with E-state index in [1.165, 1.54) is 5.56 Å². The maximum Gasteiger partial charge on any atom is 0.191 e. The number of guanidine groups is 1. The molecule has 2 N–H and O–H groups in total. The number of hydrogen-bond donors (Lipinski definition) is 2. The van der Waals surface area contributed by atoms with E-state index in [2.05, 4.69) is 48.7 Å². The van der Waals surface area contributed by atoms with Gasteiger partial charge in [0.05, 0.1) is 32.4 Å². The summed E-state index contributed by atoms with van der Waals surface area (Å²) in [5.41, 5.74) is 1.22. The van der Waals surface area contributed by atoms with Crippen LogP contribution in [0, 0.1) is 0 Å². The maximum absolute atomic E-state index is 5.72. The minimum Gasteiger partial charge on any atom is -0.497 e. The van der Waals surface area contributed by atoms with Crippen LogP contribution in [-0.4, -0.2) is 77.6 Å². The van der Waals surface area contributed by atoms with Crippen molar-refractivity contribution in [3.05, 3.63) is 29.8 Å². The summed E-state index contributed by atoms with van der Waals surface area (Å²) in [7, 11) is 5.84. The zero-order valence-electron chi connectivity index (χ0n) is 18.4. The molecule has 1 aromatic rings. The smallest absolute Gasteiger partial charge is 0.191 e. The summed E-state index contributed by atoms with van der Waals surface area (Å²) < 4.78 is 16.6. The normalized spacial score (nSPS) is 18.1. The molecule has 1 heterocycles. The highest BCUT2D eigenvalue weighted by molar-refractivity contribution is 5.79. The number of likely N-dealkylation sites (N-methyl/N-ethyl adjacent to an activating group) is 1. The molecule has 1 fully saturated rings. The summed E-state index contributed by atoms with van der Waals surface area (Å²) in [6.45, 7) is 6.73. The SMILES string of the molecule is CCNC(=NCC(c1ccc(OC)cc1)N(C)C)NCCCOCC1CCCO1. The molecule has 1 aliphatic rings. The monoisotopic (exact) mass is 406 g/mol. The Bertz CT molecular complexity index is 586. The molecule has 1 aromatic carbocycles. The molecule has 29 heavy (non-hydrogen) atoms. The number of hydrogen-bond acceptors (Lipinski definition) is 5. The molecule has 2 unspecified atom stereocenters. The molecule has 7 heteroatoms. The van der Waals surface area contributed by atoms with Gasteiger partial charge in [-0.2, -0.15) is 0 Å². The Labute approximate surface area is 175 Å². The third kappa shape index (κ3) is 8.60. The van der Waals surface area contributed by atoms with E-state index in [1.54, 1.807) is 7.11 Å². The first kappa shape index (κ1) is 23.4. The van der Waals surface area contributed by atoms with Crippen molar-refractivity contribution in [2.45, 2.75) is 38.3 Å². The van der Waals surface area contributed by atoms with Gasteiger partial charge in [0.15, 0.2) is 5.96 Å². The molecule has 164 valence electrons. The van der Waals surface area contributed by atoms with Gasteiger partial charge in [-0.1, -0.05) is 12.1 Å². The lowest BCUT2D eigenvalue weighted by atomic mass is 10.1. The summed E-state index contributed by atoms with van der Waals surface area (Å²) >= 11 is 0. The average Bonchev–Trinajstić information content (AvgIpc) is 3.24. The fourth-order valence-corrected chi connectivity index (χ4v) is 3.28. The Kier molecular flexibility index (Phi) is 10.8. The van der Waals surface area contributed by atoms with Crippen LogP contribution in [0.15, 0.2) is 29.3 Å². The number of benzene rings is 1. The van der Waals surface area contributed by atoms with E-state index < -0.39 is 0 Å². The van der Waals surface area contributed by atoms with E-state index in [0.29, 0.717) is 19.3 Å². The fraction of sp³-hybridized carbons (Fsp3) is 0.682. The lowest BCUT2D eigenvalue weighted by molar-refractivity contribution is 0.0168. The van der Waals surface area contributed by atoms with Crippen LogP contribution in [0.25, 0.3) is 0 Å². The quantitative estimate of drug-likeness (QED) is 0.316. The zero-order valence-corrected chi connectivity index (χ0v) is 18.4. The van der Waals surface area contributed by atoms with Gasteiger partial charge in [-0.3, -0.25) is 4.99 Å². The summed E-state index contributed by atoms with van der Waals surface area (Å²) in [5.74, 6) is 1.71. The van der Waals surface area contributed by atoms with Crippen molar-refractivity contribution in [1.82, 2.24) is 15.5 Å². The van der Waals surface area contributed by atoms with Crippen LogP contribution in [0.5, 0.6) is 5.75 Å². The van der Waals surface area contributed by atoms with E-state index in [1.807, 2.05) is 12.1 Å². The molecule has 1 aliphatic heterocycles. The lowest BCUT2D eigenvalue weighted by Crippen LogP contribution is -2.38. The summed E-state index contributed by atoms with van der Waals surface area (Å²) in [5, 5.41) is 6.72. The van der Waals surface area contributed by atoms with E-state index in [-0.39, 0.29) is 6.04 Å². The standard InChI is InChI=1S/C22H38N4O3/c1-5-23-22(24-13-7-14-28-17-20-8-6-15-29-20)25-16-21(26(2)3)18-9-11-19(27-4)12-10-18/h9-12,20-21H,5-8,13-17H2,1-4H3,(H2,23,24,25). The van der Waals surface area contributed by atoms with Gasteiger partial charge in [-0.15, -0.1) is 0 Å². The van der Waals surface area contributed by atoms with E-state index >= 15 is 0 Å². The second-order valence-corrected chi connectivity index (χ2v) is 7.46. The first-order valence-corrected chi connectivity index (χ1v) is 10.7. The van der Waals surface area contributed by atoms with Crippen molar-refractivity contribution in [2.75, 3.05) is 60.7 Å². The van der Waals surface area contributed by atoms with Gasteiger partial charge in [0.25, 0.3) is 0 Å². The maximum atomic E-state index is 5.72. The minimum atomic E-state index is 0.200. The van der Waals surface area contributed by atoms with E-state index in [4.69, 9.17) is 19.2 Å². The molecular formula is C22H38N4O3. The van der Waals surface area contributed by atoms with Gasteiger partial charge in [0.1, 0.15) is 5.75 Å². The Balaban J connectivity index is 1.78. The van der Waals surface area contributed by atoms with Crippen molar-refractivity contribution >= 4 is 5.96 Å². The molecule has 0 saturated carbocycles. The fourth-order valence-electron chi connectivity index (χ4n) is 3.28. The molecule has 2 atom stereocenters. The molecule has 0 amide bonds. The molecule has 2 rings (SSSR count). The molecule has 0 aromatic heterocycles. The largest absolute Gasteiger partial charge is 0.497 e. The molecule has 0 bridgehead atoms. The highest BCUT2D eigenvalue weighted by Gasteiger charge is 2.15. The third-order valence-corrected chi connectivity index (χ3v) is 4.98. The third-order valence-electron chi connectivity index (χ3n) is 4.98. The van der Waals surface area contributed by atoms with Crippen molar-refractivity contribution in [1.29, 1.82) is 0 Å². The van der Waals surface area contributed by atoms with Gasteiger partial charge in [-0.25, -0.2) is 0 Å². The van der Waals surface area contributed by atoms with Crippen LogP contribution in [0.1, 0.15) is 37.8 Å². The number of aliphatic imine (C=N–C) groups is 1. The Hall–Kier alpha value is -1.83. The van der Waals surface area contributed by atoms with Crippen LogP contribution >= 0.6 is 0 Å². The predicted molar refractivity (Wildman–Crippen MR) is 118 cm³/mol. The van der Waals surface area contributed by atoms with Crippen molar-refractivity contribution < 1.29 is 14.2 Å². The highest BCUT2D eigenvalue weighted by atomic mass is 16.5. The second kappa shape index (κ2) is 13.4. The lowest BCUT2D eigenvalue weighted by Gasteiger charge is -2.24. The summed E-state index contributed by atoms with van der Waals surface area (Å²) in [4.78, 5) is 6.98. The Morgan fingerprint density at radius 2 is 2.07 bits per heavy atom. The van der Waals surface area contributed by atoms with Crippen molar-refractivity contribution in [3.63, 3.8) is 0 Å². The Morgan fingerprint density at radius 3 is 2.69 bits per heavy atom. The number of ether oxygens (including phenoxy) is 3. The van der Waals surface area contributed by atoms with E-state index in [9.17, 15) is 0 Å². The molecule has 7 nitrogen and oxygen atoms in total. The number of methoxy groups -OCH3 is 1. The predicted octanol–water partition coefficient (Wildman–Crippen LogP) is 2.44. The van der Waals surface area contributed by atoms with Crippen LogP contribution in [-0.2, 0) is 9.47 Å². The second-order valence-electron chi connectivity index (χ2n) is 7.46. The molecule has 0 aliphatic carbocycles. The number of rotatable bonds is 12. The van der Waals surface area contributed by atoms with Gasteiger partial charge in [0, 0.05) is 26.3 Å². The molecule has 1 saturated heterocycles. The van der Waals surface area contributed by atoms with Crippen LogP contribution in [0.3, 0.4) is 0 Å². The van der Waals surface area contributed by atoms with E-state index in [0.717, 1.165) is 57.3 Å². The topological polar surface area (TPSA) is 67.4 Å². The van der Waals surface area contributed by atoms with Crippen LogP contribution < -0.4 is 15.4 Å². The minimum absolute atomic E-state index is 0.200. The summed E-state index contributed by atoms with van der Waals surface area (Å²) in [6.07, 6.45) is 3.51. The molecule has 0 spiro atoms. The first-order valence-electron chi connectivity index (χ1n) is 10.7. The summed E-state index contributed by atoms with van der Waals surface area (Å²) in [6, 6.07) is 8.40. The van der Waals surface area contributed by atoms with Crippen LogP contribution in [0.2, 0.25) is 0 Å².